The first-order chi connectivity index (χ1) is 12.8. The molecule has 0 saturated heterocycles. The van der Waals surface area contributed by atoms with Gasteiger partial charge in [-0.15, -0.1) is 0 Å². The molecule has 4 heteroatoms. The third-order valence-corrected chi connectivity index (χ3v) is 11.9. The molecule has 3 rings (SSSR count). The highest BCUT2D eigenvalue weighted by Gasteiger charge is 2.51. The van der Waals surface area contributed by atoms with E-state index in [1.54, 1.807) is 0 Å². The van der Waals surface area contributed by atoms with Gasteiger partial charge in [-0.2, -0.15) is 0 Å². The summed E-state index contributed by atoms with van der Waals surface area (Å²) in [6, 6.07) is 8.47. The number of hydrogen-bond donors (Lipinski definition) is 0. The second kappa shape index (κ2) is 7.14. The van der Waals surface area contributed by atoms with E-state index < -0.39 is 8.32 Å². The van der Waals surface area contributed by atoms with Gasteiger partial charge in [0.1, 0.15) is 0 Å². The fourth-order valence-corrected chi connectivity index (χ4v) is 5.85. The van der Waals surface area contributed by atoms with Crippen LogP contribution in [0.5, 0.6) is 0 Å². The van der Waals surface area contributed by atoms with Crippen LogP contribution in [0.15, 0.2) is 35.9 Å². The van der Waals surface area contributed by atoms with Crippen LogP contribution in [0.2, 0.25) is 18.1 Å². The molecule has 2 aliphatic rings. The van der Waals surface area contributed by atoms with Crippen LogP contribution < -0.4 is 4.90 Å². The number of carbonyl (C=O) groups is 1. The average molecular weight is 400 g/mol. The van der Waals surface area contributed by atoms with Crippen LogP contribution in [-0.2, 0) is 9.22 Å². The van der Waals surface area contributed by atoms with Crippen molar-refractivity contribution in [2.24, 2.45) is 5.41 Å². The van der Waals surface area contributed by atoms with Crippen LogP contribution in [0.3, 0.4) is 0 Å². The summed E-state index contributed by atoms with van der Waals surface area (Å²) in [5.74, 6) is 0.201. The first-order valence-electron chi connectivity index (χ1n) is 10.6. The van der Waals surface area contributed by atoms with Gasteiger partial charge in [0, 0.05) is 31.1 Å². The number of nitrogens with zero attached hydrogens (tertiary/aromatic N) is 1. The average Bonchev–Trinajstić information content (AvgIpc) is 2.89. The second-order valence-electron chi connectivity index (χ2n) is 10.6. The summed E-state index contributed by atoms with van der Waals surface area (Å²) < 4.78 is 6.89. The second-order valence-corrected chi connectivity index (χ2v) is 15.4. The van der Waals surface area contributed by atoms with Crippen molar-refractivity contribution in [1.82, 2.24) is 0 Å². The third kappa shape index (κ3) is 3.73. The van der Waals surface area contributed by atoms with Gasteiger partial charge in [0.15, 0.2) is 14.1 Å². The molecule has 0 heterocycles. The zero-order valence-electron chi connectivity index (χ0n) is 18.9. The molecule has 2 aliphatic carbocycles. The molecule has 1 aromatic rings. The molecule has 0 N–H and O–H groups in total. The summed E-state index contributed by atoms with van der Waals surface area (Å²) in [5, 5.41) is 0.196. The lowest BCUT2D eigenvalue weighted by Gasteiger charge is -2.45. The van der Waals surface area contributed by atoms with E-state index in [4.69, 9.17) is 4.43 Å². The lowest BCUT2D eigenvalue weighted by molar-refractivity contribution is -0.117. The van der Waals surface area contributed by atoms with Gasteiger partial charge >= 0.3 is 0 Å². The molecule has 3 nitrogen and oxygen atoms in total. The number of carbonyl (C=O) groups excluding carboxylic acids is 1. The molecule has 1 fully saturated rings. The molecule has 1 saturated carbocycles. The van der Waals surface area contributed by atoms with Crippen LogP contribution in [0, 0.1) is 5.41 Å². The van der Waals surface area contributed by atoms with Gasteiger partial charge in [-0.05, 0) is 61.2 Å². The molecule has 0 radical (unpaired) electrons. The molecule has 1 aromatic carbocycles. The zero-order chi connectivity index (χ0) is 20.9. The van der Waals surface area contributed by atoms with Crippen molar-refractivity contribution in [3.8, 4) is 0 Å². The maximum atomic E-state index is 12.9. The zero-order valence-corrected chi connectivity index (χ0v) is 19.9. The Balaban J connectivity index is 1.87. The Labute approximate surface area is 172 Å². The minimum atomic E-state index is -1.85. The number of allylic oxidation sites excluding steroid dienone is 1. The topological polar surface area (TPSA) is 29.5 Å². The van der Waals surface area contributed by atoms with Gasteiger partial charge in [0.25, 0.3) is 0 Å². The van der Waals surface area contributed by atoms with E-state index in [2.05, 4.69) is 70.0 Å². The number of fused-ring (bicyclic) bond motifs is 1. The summed E-state index contributed by atoms with van der Waals surface area (Å²) in [6.07, 6.45) is 5.06. The first-order valence-corrected chi connectivity index (χ1v) is 13.5. The lowest BCUT2D eigenvalue weighted by Crippen LogP contribution is -2.48. The number of ketones is 1. The van der Waals surface area contributed by atoms with E-state index in [9.17, 15) is 4.79 Å². The van der Waals surface area contributed by atoms with Crippen LogP contribution in [-0.4, -0.2) is 34.3 Å². The molecule has 28 heavy (non-hydrogen) atoms. The molecule has 0 bridgehead atoms. The standard InChI is InChI=1S/C24H37NO2Si/c1-23(2,3)28(7,8)27-22-14-11-18-15-21(26)20(16-24(18,22)4)17-9-12-19(13-10-17)25(5)6/h9-10,12-13,15,20,22H,11,14,16H2,1-8H3/t20-,22-,24-/m1/s1. The maximum absolute atomic E-state index is 12.9. The molecule has 0 spiro atoms. The van der Waals surface area contributed by atoms with Gasteiger partial charge < -0.3 is 9.33 Å². The molecular weight excluding hydrogens is 362 g/mol. The summed E-state index contributed by atoms with van der Waals surface area (Å²) in [7, 11) is 2.23. The molecule has 154 valence electrons. The van der Waals surface area contributed by atoms with Gasteiger partial charge in [0.2, 0.25) is 0 Å². The SMILES string of the molecule is CN(C)c1ccc([C@H]2C[C@]3(C)C(=CC2=O)CC[C@H]3O[Si](C)(C)C(C)(C)C)cc1. The summed E-state index contributed by atoms with van der Waals surface area (Å²) >= 11 is 0. The summed E-state index contributed by atoms with van der Waals surface area (Å²) in [6.45, 7) is 13.9. The fraction of sp³-hybridized carbons (Fsp3) is 0.625. The van der Waals surface area contributed by atoms with Crippen LogP contribution in [0.1, 0.15) is 58.4 Å². The summed E-state index contributed by atoms with van der Waals surface area (Å²) in [5.41, 5.74) is 3.57. The number of anilines is 1. The normalized spacial score (nSPS) is 28.1. The quantitative estimate of drug-likeness (QED) is 0.588. The van der Waals surface area contributed by atoms with Crippen LogP contribution in [0.4, 0.5) is 5.69 Å². The third-order valence-electron chi connectivity index (χ3n) is 7.46. The minimum Gasteiger partial charge on any atom is -0.413 e. The summed E-state index contributed by atoms with van der Waals surface area (Å²) in [4.78, 5) is 15.0. The Hall–Kier alpha value is -1.39. The minimum absolute atomic E-state index is 0.0334. The van der Waals surface area contributed by atoms with E-state index in [1.807, 2.05) is 20.2 Å². The van der Waals surface area contributed by atoms with E-state index in [0.29, 0.717) is 0 Å². The van der Waals surface area contributed by atoms with Gasteiger partial charge in [0.05, 0.1) is 6.10 Å². The van der Waals surface area contributed by atoms with Gasteiger partial charge in [-0.25, -0.2) is 0 Å². The van der Waals surface area contributed by atoms with Gasteiger partial charge in [-0.1, -0.05) is 45.4 Å². The van der Waals surface area contributed by atoms with Crippen LogP contribution >= 0.6 is 0 Å². The Morgan fingerprint density at radius 2 is 1.75 bits per heavy atom. The first kappa shape index (κ1) is 21.3. The predicted octanol–water partition coefficient (Wildman–Crippen LogP) is 5.93. The molecule has 3 atom stereocenters. The van der Waals surface area contributed by atoms with Crippen molar-refractivity contribution in [3.63, 3.8) is 0 Å². The number of benzene rings is 1. The van der Waals surface area contributed by atoms with Crippen molar-refractivity contribution >= 4 is 19.8 Å². The van der Waals surface area contributed by atoms with Gasteiger partial charge in [-0.3, -0.25) is 4.79 Å². The smallest absolute Gasteiger partial charge is 0.192 e. The van der Waals surface area contributed by atoms with Crippen LogP contribution in [0.25, 0.3) is 0 Å². The van der Waals surface area contributed by atoms with Crippen molar-refractivity contribution in [3.05, 3.63) is 41.5 Å². The van der Waals surface area contributed by atoms with E-state index >= 15 is 0 Å². The lowest BCUT2D eigenvalue weighted by atomic mass is 9.68. The van der Waals surface area contributed by atoms with E-state index in [-0.39, 0.29) is 28.3 Å². The highest BCUT2D eigenvalue weighted by atomic mass is 28.4. The largest absolute Gasteiger partial charge is 0.413 e. The number of rotatable bonds is 4. The Kier molecular flexibility index (Phi) is 5.43. The number of hydrogen-bond acceptors (Lipinski definition) is 3. The van der Waals surface area contributed by atoms with Crippen molar-refractivity contribution in [1.29, 1.82) is 0 Å². The Morgan fingerprint density at radius 3 is 2.29 bits per heavy atom. The van der Waals surface area contributed by atoms with Crippen molar-refractivity contribution in [2.75, 3.05) is 19.0 Å². The molecule has 0 aromatic heterocycles. The molecule has 0 aliphatic heterocycles. The van der Waals surface area contributed by atoms with E-state index in [0.717, 1.165) is 30.5 Å². The fourth-order valence-electron chi connectivity index (χ4n) is 4.40. The van der Waals surface area contributed by atoms with Crippen molar-refractivity contribution < 1.29 is 9.22 Å². The molecule has 0 unspecified atom stereocenters. The monoisotopic (exact) mass is 399 g/mol. The molecular formula is C24H37NO2Si. The predicted molar refractivity (Wildman–Crippen MR) is 121 cm³/mol. The van der Waals surface area contributed by atoms with Crippen molar-refractivity contribution in [2.45, 2.75) is 77.1 Å². The Bertz CT molecular complexity index is 773. The highest BCUT2D eigenvalue weighted by Crippen LogP contribution is 2.55. The Morgan fingerprint density at radius 1 is 1.14 bits per heavy atom. The highest BCUT2D eigenvalue weighted by molar-refractivity contribution is 6.74. The van der Waals surface area contributed by atoms with E-state index in [1.165, 1.54) is 5.57 Å². The maximum Gasteiger partial charge on any atom is 0.192 e. The molecule has 0 amide bonds.